The first-order valence-corrected chi connectivity index (χ1v) is 1.47. The fourth-order valence-corrected chi connectivity index (χ4v) is 0.0373. The van der Waals surface area contributed by atoms with Gasteiger partial charge in [-0.1, -0.05) is 0 Å². The van der Waals surface area contributed by atoms with Gasteiger partial charge in [0.2, 0.25) is 0 Å². The van der Waals surface area contributed by atoms with Crippen LogP contribution in [-0.4, -0.2) is 25.6 Å². The minimum absolute atomic E-state index is 0.944. The van der Waals surface area contributed by atoms with Gasteiger partial charge >= 0.3 is 6.41 Å². The van der Waals surface area contributed by atoms with Crippen LogP contribution in [0.15, 0.2) is 0 Å². The van der Waals surface area contributed by atoms with E-state index in [1.165, 1.54) is 20.6 Å². The van der Waals surface area contributed by atoms with Crippen LogP contribution in [0.25, 0.3) is 0 Å². The molecule has 0 aliphatic carbocycles. The maximum atomic E-state index is 9.41. The van der Waals surface area contributed by atoms with Crippen LogP contribution in [0.5, 0.6) is 0 Å². The zero-order valence-electron chi connectivity index (χ0n) is 3.76. The molecule has 0 aliphatic heterocycles. The molecule has 0 atom stereocenters. The van der Waals surface area contributed by atoms with Gasteiger partial charge in [-0.25, -0.2) is 5.06 Å². The number of carbonyl (C=O) groups excluding carboxylic acids is 1. The topological polar surface area (TPSA) is 29.5 Å². The van der Waals surface area contributed by atoms with Gasteiger partial charge in [0.05, 0.1) is 7.11 Å². The minimum Gasteiger partial charge on any atom is -0.274 e. The number of hydroxylamine groups is 2. The fourth-order valence-electron chi connectivity index (χ4n) is 0.0373. The second kappa shape index (κ2) is 2.66. The predicted octanol–water partition coefficient (Wildman–Crippen LogP) is -0.453. The van der Waals surface area contributed by atoms with Gasteiger partial charge in [0.15, 0.2) is 0 Å². The van der Waals surface area contributed by atoms with Crippen molar-refractivity contribution in [3.05, 3.63) is 0 Å². The highest BCUT2D eigenvalue weighted by atomic mass is 16.7. The molecule has 0 fully saturated rings. The summed E-state index contributed by atoms with van der Waals surface area (Å²) in [5.74, 6) is 0. The van der Waals surface area contributed by atoms with Crippen molar-refractivity contribution in [2.45, 2.75) is 0 Å². The van der Waals surface area contributed by atoms with Gasteiger partial charge in [0, 0.05) is 7.05 Å². The number of amides is 1. The highest BCUT2D eigenvalue weighted by molar-refractivity contribution is 5.45. The maximum absolute atomic E-state index is 9.41. The third kappa shape index (κ3) is 1.72. The third-order valence-electron chi connectivity index (χ3n) is 0.402. The molecule has 1 amide bonds. The molecule has 0 spiro atoms. The van der Waals surface area contributed by atoms with E-state index in [1.54, 1.807) is 0 Å². The van der Waals surface area contributed by atoms with Gasteiger partial charge in [0.25, 0.3) is 0 Å². The number of hydrogen-bond acceptors (Lipinski definition) is 2. The summed E-state index contributed by atoms with van der Waals surface area (Å²) in [7, 11) is 2.86. The average Bonchev–Trinajstić information content (AvgIpc) is 1.65. The Labute approximate surface area is 36.5 Å². The van der Waals surface area contributed by atoms with Crippen molar-refractivity contribution < 1.29 is 9.63 Å². The summed E-state index contributed by atoms with van der Waals surface area (Å²) >= 11 is 0. The first-order chi connectivity index (χ1) is 2.81. The average molecular weight is 88.1 g/mol. The van der Waals surface area contributed by atoms with E-state index < -0.39 is 0 Å². The van der Waals surface area contributed by atoms with E-state index in [-0.39, 0.29) is 0 Å². The van der Waals surface area contributed by atoms with Crippen molar-refractivity contribution >= 4 is 6.41 Å². The molecule has 0 saturated heterocycles. The molecule has 0 bridgehead atoms. The van der Waals surface area contributed by atoms with Crippen molar-refractivity contribution in [2.24, 2.45) is 0 Å². The molecule has 0 aliphatic rings. The van der Waals surface area contributed by atoms with Gasteiger partial charge in [-0.2, -0.15) is 0 Å². The number of hydrogen-bond donors (Lipinski definition) is 0. The Morgan fingerprint density at radius 2 is 2.33 bits per heavy atom. The van der Waals surface area contributed by atoms with Gasteiger partial charge in [0.1, 0.15) is 0 Å². The zero-order valence-corrected chi connectivity index (χ0v) is 3.76. The molecule has 0 aromatic carbocycles. The molecular weight excluding hydrogens is 82.0 g/mol. The van der Waals surface area contributed by atoms with Gasteiger partial charge in [-0.05, 0) is 0 Å². The molecule has 6 heavy (non-hydrogen) atoms. The van der Waals surface area contributed by atoms with Crippen molar-refractivity contribution in [1.29, 1.82) is 0 Å². The molecule has 1 radical (unpaired) electrons. The summed E-state index contributed by atoms with van der Waals surface area (Å²) in [6.07, 6.45) is 1.48. The highest BCUT2D eigenvalue weighted by Crippen LogP contribution is 1.66. The molecule has 0 unspecified atom stereocenters. The summed E-state index contributed by atoms with van der Waals surface area (Å²) in [5.41, 5.74) is 0. The second-order valence-electron chi connectivity index (χ2n) is 0.771. The summed E-state index contributed by atoms with van der Waals surface area (Å²) in [4.78, 5) is 13.7. The Balaban J connectivity index is 2.96. The standard InChI is InChI=1S/C3H6NO2/c1-4(3-5)6-2/h1-2H3. The van der Waals surface area contributed by atoms with E-state index in [9.17, 15) is 4.79 Å². The van der Waals surface area contributed by atoms with Crippen molar-refractivity contribution in [3.8, 4) is 0 Å². The van der Waals surface area contributed by atoms with Gasteiger partial charge in [-0.3, -0.25) is 9.63 Å². The molecule has 3 heteroatoms. The third-order valence-corrected chi connectivity index (χ3v) is 0.402. The minimum atomic E-state index is 0.944. The van der Waals surface area contributed by atoms with E-state index in [2.05, 4.69) is 4.84 Å². The van der Waals surface area contributed by atoms with Crippen LogP contribution in [0.2, 0.25) is 0 Å². The van der Waals surface area contributed by atoms with E-state index in [0.29, 0.717) is 0 Å². The number of rotatable bonds is 2. The molecule has 0 N–H and O–H groups in total. The van der Waals surface area contributed by atoms with Crippen LogP contribution in [0.1, 0.15) is 0 Å². The van der Waals surface area contributed by atoms with Crippen molar-refractivity contribution in [2.75, 3.05) is 14.2 Å². The van der Waals surface area contributed by atoms with Crippen LogP contribution in [0.4, 0.5) is 0 Å². The smallest absolute Gasteiger partial charge is 0.274 e. The van der Waals surface area contributed by atoms with Gasteiger partial charge in [-0.15, -0.1) is 0 Å². The summed E-state index contributed by atoms with van der Waals surface area (Å²) < 4.78 is 0. The Hall–Kier alpha value is -0.570. The van der Waals surface area contributed by atoms with E-state index in [1.807, 2.05) is 0 Å². The molecule has 35 valence electrons. The summed E-state index contributed by atoms with van der Waals surface area (Å²) in [6.45, 7) is 0. The van der Waals surface area contributed by atoms with E-state index >= 15 is 0 Å². The van der Waals surface area contributed by atoms with Crippen LogP contribution >= 0.6 is 0 Å². The largest absolute Gasteiger partial charge is 0.337 e. The quantitative estimate of drug-likeness (QED) is 0.338. The first kappa shape index (κ1) is 5.43. The SMILES string of the molecule is CON(C)[C]=O. The lowest BCUT2D eigenvalue weighted by atomic mass is 11.2. The first-order valence-electron chi connectivity index (χ1n) is 1.47. The zero-order chi connectivity index (χ0) is 4.99. The van der Waals surface area contributed by atoms with Crippen molar-refractivity contribution in [1.82, 2.24) is 5.06 Å². The lowest BCUT2D eigenvalue weighted by Gasteiger charge is -2.00. The van der Waals surface area contributed by atoms with Gasteiger partial charge < -0.3 is 0 Å². The maximum Gasteiger partial charge on any atom is 0.337 e. The second-order valence-corrected chi connectivity index (χ2v) is 0.771. The fraction of sp³-hybridized carbons (Fsp3) is 0.667. The lowest BCUT2D eigenvalue weighted by molar-refractivity contribution is -0.0433. The molecule has 3 nitrogen and oxygen atoms in total. The predicted molar refractivity (Wildman–Crippen MR) is 20.5 cm³/mol. The normalized spacial score (nSPS) is 7.67. The molecule has 0 aromatic heterocycles. The monoisotopic (exact) mass is 88.0 g/mol. The van der Waals surface area contributed by atoms with Crippen LogP contribution in [0.3, 0.4) is 0 Å². The highest BCUT2D eigenvalue weighted by Gasteiger charge is 1.82. The molecular formula is C3H6NO2. The Morgan fingerprint density at radius 1 is 1.83 bits per heavy atom. The lowest BCUT2D eigenvalue weighted by Crippen LogP contribution is -2.12. The molecule has 0 rings (SSSR count). The van der Waals surface area contributed by atoms with Crippen LogP contribution in [-0.2, 0) is 9.63 Å². The summed E-state index contributed by atoms with van der Waals surface area (Å²) in [6, 6.07) is 0. The van der Waals surface area contributed by atoms with Crippen molar-refractivity contribution in [3.63, 3.8) is 0 Å². The number of nitrogens with zero attached hydrogens (tertiary/aromatic N) is 1. The molecule has 0 aromatic rings. The Morgan fingerprint density at radius 3 is 2.33 bits per heavy atom. The van der Waals surface area contributed by atoms with Crippen LogP contribution in [0, 0.1) is 0 Å². The van der Waals surface area contributed by atoms with Crippen LogP contribution < -0.4 is 0 Å². The summed E-state index contributed by atoms with van der Waals surface area (Å²) in [5, 5.41) is 0.944. The Bertz CT molecular complexity index is 46.1. The Kier molecular flexibility index (Phi) is 2.40. The molecule has 0 heterocycles. The van der Waals surface area contributed by atoms with E-state index in [4.69, 9.17) is 0 Å². The molecule has 0 saturated carbocycles. The van der Waals surface area contributed by atoms with E-state index in [0.717, 1.165) is 5.06 Å².